The summed E-state index contributed by atoms with van der Waals surface area (Å²) in [6.45, 7) is 3.95. The van der Waals surface area contributed by atoms with Gasteiger partial charge in [0.1, 0.15) is 0 Å². The largest absolute Gasteiger partial charge is 0.481 e. The van der Waals surface area contributed by atoms with Crippen LogP contribution in [-0.2, 0) is 9.59 Å². The number of carbonyl (C=O) groups is 3. The van der Waals surface area contributed by atoms with Gasteiger partial charge in [0.25, 0.3) is 0 Å². The molecule has 0 heterocycles. The predicted octanol–water partition coefficient (Wildman–Crippen LogP) is 2.14. The molecule has 5 heteroatoms. The first-order valence-corrected chi connectivity index (χ1v) is 6.73. The van der Waals surface area contributed by atoms with Crippen LogP contribution >= 0.6 is 0 Å². The molecular formula is C16H19NO4. The van der Waals surface area contributed by atoms with Crippen molar-refractivity contribution in [2.75, 3.05) is 13.1 Å². The lowest BCUT2D eigenvalue weighted by Gasteiger charge is -2.20. The fraction of sp³-hybridized carbons (Fsp3) is 0.312. The second-order valence-electron chi connectivity index (χ2n) is 4.56. The molecular weight excluding hydrogens is 270 g/mol. The lowest BCUT2D eigenvalue weighted by molar-refractivity contribution is -0.138. The smallest absolute Gasteiger partial charge is 0.305 e. The third-order valence-corrected chi connectivity index (χ3v) is 2.96. The second kappa shape index (κ2) is 8.68. The number of aliphatic carboxylic acids is 1. The van der Waals surface area contributed by atoms with E-state index in [1.807, 2.05) is 6.07 Å². The van der Waals surface area contributed by atoms with E-state index in [-0.39, 0.29) is 44.0 Å². The Morgan fingerprint density at radius 1 is 1.10 bits per heavy atom. The minimum atomic E-state index is -0.961. The highest BCUT2D eigenvalue weighted by Crippen LogP contribution is 2.07. The summed E-state index contributed by atoms with van der Waals surface area (Å²) in [4.78, 5) is 35.9. The zero-order chi connectivity index (χ0) is 15.7. The summed E-state index contributed by atoms with van der Waals surface area (Å²) in [6.07, 6.45) is 1.61. The van der Waals surface area contributed by atoms with Crippen molar-refractivity contribution in [3.05, 3.63) is 48.6 Å². The van der Waals surface area contributed by atoms with Crippen molar-refractivity contribution in [2.24, 2.45) is 0 Å². The van der Waals surface area contributed by atoms with Crippen molar-refractivity contribution in [1.82, 2.24) is 4.90 Å². The highest BCUT2D eigenvalue weighted by atomic mass is 16.4. The zero-order valence-corrected chi connectivity index (χ0v) is 11.8. The quantitative estimate of drug-likeness (QED) is 0.558. The fourth-order valence-electron chi connectivity index (χ4n) is 1.85. The Labute approximate surface area is 123 Å². The van der Waals surface area contributed by atoms with Gasteiger partial charge in [-0.25, -0.2) is 0 Å². The number of carboxylic acid groups (broad SMARTS) is 1. The molecule has 0 radical (unpaired) electrons. The van der Waals surface area contributed by atoms with E-state index in [9.17, 15) is 14.4 Å². The van der Waals surface area contributed by atoms with E-state index >= 15 is 0 Å². The number of Topliss-reactive ketones (excluding diaryl/α,β-unsaturated/α-hetero) is 1. The molecule has 1 rings (SSSR count). The Hall–Kier alpha value is -2.43. The molecule has 0 aliphatic carbocycles. The van der Waals surface area contributed by atoms with E-state index in [1.54, 1.807) is 30.3 Å². The standard InChI is InChI=1S/C16H19NO4/c1-2-11-17(12-10-16(20)21)15(19)9-8-14(18)13-6-4-3-5-7-13/h2-7H,1,8-12H2,(H,20,21). The van der Waals surface area contributed by atoms with Crippen LogP contribution in [0, 0.1) is 0 Å². The third kappa shape index (κ3) is 6.03. The molecule has 0 unspecified atom stereocenters. The Balaban J connectivity index is 2.51. The summed E-state index contributed by atoms with van der Waals surface area (Å²) in [5, 5.41) is 8.66. The number of carboxylic acids is 1. The number of benzene rings is 1. The Morgan fingerprint density at radius 3 is 2.33 bits per heavy atom. The molecule has 112 valence electrons. The van der Waals surface area contributed by atoms with Gasteiger partial charge in [0, 0.05) is 31.5 Å². The van der Waals surface area contributed by atoms with Crippen LogP contribution in [0.5, 0.6) is 0 Å². The molecule has 0 aliphatic heterocycles. The van der Waals surface area contributed by atoms with Gasteiger partial charge in [-0.3, -0.25) is 14.4 Å². The van der Waals surface area contributed by atoms with Gasteiger partial charge in [0.05, 0.1) is 6.42 Å². The van der Waals surface area contributed by atoms with Crippen LogP contribution in [0.25, 0.3) is 0 Å². The molecule has 0 saturated carbocycles. The molecule has 1 N–H and O–H groups in total. The fourth-order valence-corrected chi connectivity index (χ4v) is 1.85. The monoisotopic (exact) mass is 289 g/mol. The van der Waals surface area contributed by atoms with Crippen LogP contribution in [0.15, 0.2) is 43.0 Å². The van der Waals surface area contributed by atoms with E-state index in [1.165, 1.54) is 4.90 Å². The van der Waals surface area contributed by atoms with Gasteiger partial charge in [0.2, 0.25) is 5.91 Å². The van der Waals surface area contributed by atoms with Crippen LogP contribution in [0.4, 0.5) is 0 Å². The average molecular weight is 289 g/mol. The lowest BCUT2D eigenvalue weighted by atomic mass is 10.1. The van der Waals surface area contributed by atoms with Crippen LogP contribution in [0.1, 0.15) is 29.6 Å². The van der Waals surface area contributed by atoms with E-state index in [0.29, 0.717) is 5.56 Å². The summed E-state index contributed by atoms with van der Waals surface area (Å²) in [6, 6.07) is 8.77. The van der Waals surface area contributed by atoms with Gasteiger partial charge in [-0.1, -0.05) is 36.4 Å². The molecule has 0 aromatic heterocycles. The normalized spacial score (nSPS) is 9.90. The number of ketones is 1. The summed E-state index contributed by atoms with van der Waals surface area (Å²) in [5.41, 5.74) is 0.575. The lowest BCUT2D eigenvalue weighted by Crippen LogP contribution is -2.33. The molecule has 0 atom stereocenters. The van der Waals surface area contributed by atoms with Gasteiger partial charge >= 0.3 is 5.97 Å². The number of hydrogen-bond donors (Lipinski definition) is 1. The Kier molecular flexibility index (Phi) is 6.87. The number of rotatable bonds is 9. The zero-order valence-electron chi connectivity index (χ0n) is 11.8. The number of hydrogen-bond acceptors (Lipinski definition) is 3. The molecule has 0 saturated heterocycles. The van der Waals surface area contributed by atoms with Gasteiger partial charge < -0.3 is 10.0 Å². The third-order valence-electron chi connectivity index (χ3n) is 2.96. The summed E-state index contributed by atoms with van der Waals surface area (Å²) in [7, 11) is 0. The van der Waals surface area contributed by atoms with Gasteiger partial charge in [-0.15, -0.1) is 6.58 Å². The predicted molar refractivity (Wildman–Crippen MR) is 79.0 cm³/mol. The van der Waals surface area contributed by atoms with Gasteiger partial charge in [-0.05, 0) is 0 Å². The minimum absolute atomic E-state index is 0.0706. The Morgan fingerprint density at radius 2 is 1.76 bits per heavy atom. The molecule has 0 bridgehead atoms. The van der Waals surface area contributed by atoms with Crippen molar-refractivity contribution >= 4 is 17.7 Å². The molecule has 0 fully saturated rings. The summed E-state index contributed by atoms with van der Waals surface area (Å²) in [5.74, 6) is -1.29. The van der Waals surface area contributed by atoms with Crippen LogP contribution in [0.2, 0.25) is 0 Å². The number of nitrogens with zero attached hydrogens (tertiary/aromatic N) is 1. The summed E-state index contributed by atoms with van der Waals surface area (Å²) >= 11 is 0. The maximum Gasteiger partial charge on any atom is 0.305 e. The molecule has 1 aromatic carbocycles. The first-order chi connectivity index (χ1) is 10.0. The first-order valence-electron chi connectivity index (χ1n) is 6.73. The van der Waals surface area contributed by atoms with E-state index < -0.39 is 5.97 Å². The van der Waals surface area contributed by atoms with E-state index in [2.05, 4.69) is 6.58 Å². The van der Waals surface area contributed by atoms with Crippen molar-refractivity contribution in [2.45, 2.75) is 19.3 Å². The molecule has 5 nitrogen and oxygen atoms in total. The summed E-state index contributed by atoms with van der Waals surface area (Å²) < 4.78 is 0. The minimum Gasteiger partial charge on any atom is -0.481 e. The van der Waals surface area contributed by atoms with Gasteiger partial charge in [0.15, 0.2) is 5.78 Å². The van der Waals surface area contributed by atoms with Crippen molar-refractivity contribution in [3.63, 3.8) is 0 Å². The second-order valence-corrected chi connectivity index (χ2v) is 4.56. The number of carbonyl (C=O) groups excluding carboxylic acids is 2. The Bertz CT molecular complexity index is 510. The van der Waals surface area contributed by atoms with Crippen LogP contribution in [0.3, 0.4) is 0 Å². The average Bonchev–Trinajstić information content (AvgIpc) is 2.49. The SMILES string of the molecule is C=CCN(CCC(=O)O)C(=O)CCC(=O)c1ccccc1. The van der Waals surface area contributed by atoms with E-state index in [0.717, 1.165) is 0 Å². The molecule has 21 heavy (non-hydrogen) atoms. The highest BCUT2D eigenvalue weighted by molar-refractivity contribution is 5.97. The molecule has 0 spiro atoms. The molecule has 0 aliphatic rings. The van der Waals surface area contributed by atoms with Crippen molar-refractivity contribution < 1.29 is 19.5 Å². The van der Waals surface area contributed by atoms with Crippen LogP contribution < -0.4 is 0 Å². The number of amides is 1. The maximum absolute atomic E-state index is 12.0. The molecule has 1 amide bonds. The van der Waals surface area contributed by atoms with Crippen molar-refractivity contribution in [3.8, 4) is 0 Å². The maximum atomic E-state index is 12.0. The van der Waals surface area contributed by atoms with Gasteiger partial charge in [-0.2, -0.15) is 0 Å². The van der Waals surface area contributed by atoms with Crippen molar-refractivity contribution in [1.29, 1.82) is 0 Å². The van der Waals surface area contributed by atoms with E-state index in [4.69, 9.17) is 5.11 Å². The van der Waals surface area contributed by atoms with Crippen LogP contribution in [-0.4, -0.2) is 40.8 Å². The first kappa shape index (κ1) is 16.6. The topological polar surface area (TPSA) is 74.7 Å². The molecule has 1 aromatic rings. The highest BCUT2D eigenvalue weighted by Gasteiger charge is 2.15.